The van der Waals surface area contributed by atoms with E-state index >= 15 is 0 Å². The molecule has 2 unspecified atom stereocenters. The molecule has 1 saturated heterocycles. The van der Waals surface area contributed by atoms with Crippen LogP contribution in [0.15, 0.2) is 53.9 Å². The summed E-state index contributed by atoms with van der Waals surface area (Å²) in [5.41, 5.74) is -6.73. The average molecular weight is 528 g/mol. The summed E-state index contributed by atoms with van der Waals surface area (Å²) in [5, 5.41) is 0. The van der Waals surface area contributed by atoms with Crippen LogP contribution < -0.4 is 0 Å². The Kier molecular flexibility index (Phi) is 5.66. The maximum absolute atomic E-state index is 14.6. The van der Waals surface area contributed by atoms with Gasteiger partial charge in [-0.25, -0.2) is 17.2 Å². The zero-order valence-corrected chi connectivity index (χ0v) is 18.8. The van der Waals surface area contributed by atoms with Gasteiger partial charge >= 0.3 is 18.0 Å². The third kappa shape index (κ3) is 3.23. The van der Waals surface area contributed by atoms with Crippen molar-refractivity contribution in [2.45, 2.75) is 46.5 Å². The van der Waals surface area contributed by atoms with Gasteiger partial charge in [0.15, 0.2) is 9.84 Å². The second-order valence-electron chi connectivity index (χ2n) is 8.29. The molecule has 2 aromatic rings. The lowest BCUT2D eigenvalue weighted by atomic mass is 9.90. The molecule has 0 aromatic heterocycles. The molecule has 4 rings (SSSR count). The van der Waals surface area contributed by atoms with Crippen molar-refractivity contribution in [2.75, 3.05) is 6.54 Å². The molecule has 34 heavy (non-hydrogen) atoms. The minimum Gasteiger partial charge on any atom is -0.223 e. The first-order valence-corrected chi connectivity index (χ1v) is 11.8. The highest BCUT2D eigenvalue weighted by atomic mass is 35.5. The molecule has 0 bridgehead atoms. The Morgan fingerprint density at radius 2 is 1.59 bits per heavy atom. The van der Waals surface area contributed by atoms with E-state index in [-0.39, 0.29) is 35.4 Å². The van der Waals surface area contributed by atoms with Gasteiger partial charge in [-0.15, -0.1) is 0 Å². The van der Waals surface area contributed by atoms with Gasteiger partial charge in [0.05, 0.1) is 10.9 Å². The number of fused-ring (bicyclic) bond motifs is 3. The average Bonchev–Trinajstić information content (AvgIpc) is 3.27. The summed E-state index contributed by atoms with van der Waals surface area (Å²) in [4.78, 5) is -0.0857. The van der Waals surface area contributed by atoms with Crippen LogP contribution in [-0.4, -0.2) is 37.8 Å². The first-order valence-electron chi connectivity index (χ1n) is 9.97. The molecule has 0 amide bonds. The summed E-state index contributed by atoms with van der Waals surface area (Å²) in [7, 11) is -4.21. The van der Waals surface area contributed by atoms with E-state index in [0.29, 0.717) is 17.7 Å². The Morgan fingerprint density at radius 1 is 1.00 bits per heavy atom. The molecule has 1 heterocycles. The molecule has 1 aliphatic heterocycles. The molecule has 1 fully saturated rings. The van der Waals surface area contributed by atoms with Gasteiger partial charge in [0.25, 0.3) is 0 Å². The molecule has 0 N–H and O–H groups in total. The van der Waals surface area contributed by atoms with Crippen molar-refractivity contribution in [3.05, 3.63) is 71.3 Å². The smallest absolute Gasteiger partial charge is 0.223 e. The lowest BCUT2D eigenvalue weighted by Gasteiger charge is -2.32. The highest BCUT2D eigenvalue weighted by molar-refractivity contribution is 7.92. The first kappa shape index (κ1) is 25.0. The van der Waals surface area contributed by atoms with Gasteiger partial charge in [0.2, 0.25) is 0 Å². The number of hydrogen-bond donors (Lipinski definition) is 0. The van der Waals surface area contributed by atoms with Crippen LogP contribution in [0.1, 0.15) is 28.7 Å². The number of alkyl halides is 7. The third-order valence-electron chi connectivity index (χ3n) is 6.63. The summed E-state index contributed by atoms with van der Waals surface area (Å²) < 4.78 is 121. The van der Waals surface area contributed by atoms with Gasteiger partial charge in [-0.3, -0.25) is 0 Å². The largest absolute Gasteiger partial charge is 0.435 e. The molecule has 2 atom stereocenters. The fraction of sp³-hybridized carbons (Fsp3) is 0.364. The predicted octanol–water partition coefficient (Wildman–Crippen LogP) is 6.07. The van der Waals surface area contributed by atoms with E-state index in [4.69, 9.17) is 11.8 Å². The molecular formula is C22H17ClF7NO2S. The number of nitrogens with zero attached hydrogens (tertiary/aromatic N) is 1. The zero-order chi connectivity index (χ0) is 25.3. The van der Waals surface area contributed by atoms with Crippen molar-refractivity contribution < 1.29 is 39.2 Å². The SMILES string of the molecule is C=Cc1ccc(S(=O)(=O)C23CCN(Cl)C2Cc2cc(C(F)(C(F)(F)F)C(F)(F)F)ccc23)cc1. The van der Waals surface area contributed by atoms with Crippen LogP contribution in [0.5, 0.6) is 0 Å². The minimum atomic E-state index is -6.27. The zero-order valence-electron chi connectivity index (χ0n) is 17.2. The van der Waals surface area contributed by atoms with Crippen molar-refractivity contribution in [3.8, 4) is 0 Å². The molecule has 3 nitrogen and oxygen atoms in total. The highest BCUT2D eigenvalue weighted by Gasteiger charge is 2.74. The number of halogens is 8. The van der Waals surface area contributed by atoms with Crippen molar-refractivity contribution >= 4 is 27.7 Å². The van der Waals surface area contributed by atoms with Gasteiger partial charge in [-0.05, 0) is 53.4 Å². The molecule has 0 saturated carbocycles. The van der Waals surface area contributed by atoms with Gasteiger partial charge < -0.3 is 0 Å². The predicted molar refractivity (Wildman–Crippen MR) is 111 cm³/mol. The number of benzene rings is 2. The van der Waals surface area contributed by atoms with Crippen molar-refractivity contribution in [1.82, 2.24) is 4.42 Å². The lowest BCUT2D eigenvalue weighted by Crippen LogP contribution is -2.50. The monoisotopic (exact) mass is 527 g/mol. The summed E-state index contributed by atoms with van der Waals surface area (Å²) in [6.07, 6.45) is -11.3. The number of rotatable bonds is 4. The molecule has 184 valence electrons. The second kappa shape index (κ2) is 7.69. The molecule has 0 radical (unpaired) electrons. The number of hydrogen-bond acceptors (Lipinski definition) is 3. The van der Waals surface area contributed by atoms with E-state index in [1.807, 2.05) is 0 Å². The molecule has 2 aromatic carbocycles. The Labute approximate surface area is 195 Å². The van der Waals surface area contributed by atoms with Crippen LogP contribution in [-0.2, 0) is 26.7 Å². The molecule has 1 aliphatic carbocycles. The Bertz CT molecular complexity index is 1230. The van der Waals surface area contributed by atoms with E-state index in [2.05, 4.69) is 6.58 Å². The van der Waals surface area contributed by atoms with Crippen LogP contribution in [0, 0.1) is 0 Å². The van der Waals surface area contributed by atoms with Crippen LogP contribution in [0.4, 0.5) is 30.7 Å². The third-order valence-corrected chi connectivity index (χ3v) is 9.58. The van der Waals surface area contributed by atoms with Crippen molar-refractivity contribution in [1.29, 1.82) is 0 Å². The Balaban J connectivity index is 1.91. The Morgan fingerprint density at radius 3 is 2.12 bits per heavy atom. The fourth-order valence-electron chi connectivity index (χ4n) is 4.94. The van der Waals surface area contributed by atoms with Crippen LogP contribution in [0.3, 0.4) is 0 Å². The van der Waals surface area contributed by atoms with Gasteiger partial charge in [-0.2, -0.15) is 26.3 Å². The second-order valence-corrected chi connectivity index (χ2v) is 10.9. The Hall–Kier alpha value is -2.11. The first-order chi connectivity index (χ1) is 15.6. The quantitative estimate of drug-likeness (QED) is 0.358. The summed E-state index contributed by atoms with van der Waals surface area (Å²) in [6.45, 7) is 3.71. The van der Waals surface area contributed by atoms with E-state index in [0.717, 1.165) is 6.07 Å². The van der Waals surface area contributed by atoms with Gasteiger partial charge in [0, 0.05) is 12.1 Å². The minimum absolute atomic E-state index is 0.0175. The summed E-state index contributed by atoms with van der Waals surface area (Å²) >= 11 is 6.23. The molecule has 0 spiro atoms. The fourth-order valence-corrected chi connectivity index (χ4v) is 7.65. The van der Waals surface area contributed by atoms with E-state index in [1.165, 1.54) is 34.8 Å². The molecule has 12 heteroatoms. The van der Waals surface area contributed by atoms with Gasteiger partial charge in [-0.1, -0.05) is 43.0 Å². The topological polar surface area (TPSA) is 37.4 Å². The molecular weight excluding hydrogens is 511 g/mol. The van der Waals surface area contributed by atoms with Crippen LogP contribution in [0.2, 0.25) is 0 Å². The van der Waals surface area contributed by atoms with E-state index in [1.54, 1.807) is 0 Å². The molecule has 2 aliphatic rings. The van der Waals surface area contributed by atoms with Crippen LogP contribution in [0.25, 0.3) is 6.08 Å². The standard InChI is InChI=1S/C22H17ClF7NO2S/c1-2-13-3-6-16(7-4-13)34(32,33)19-9-10-31(23)18(19)12-14-11-15(5-8-17(14)19)20(24,21(25,26)27)22(28,29)30/h2-8,11,18H,1,9-10,12H2. The number of sulfone groups is 1. The van der Waals surface area contributed by atoms with Crippen LogP contribution >= 0.6 is 11.8 Å². The summed E-state index contributed by atoms with van der Waals surface area (Å²) in [6, 6.07) is 6.43. The van der Waals surface area contributed by atoms with Crippen molar-refractivity contribution in [3.63, 3.8) is 0 Å². The van der Waals surface area contributed by atoms with E-state index in [9.17, 15) is 39.2 Å². The maximum Gasteiger partial charge on any atom is 0.435 e. The van der Waals surface area contributed by atoms with E-state index < -0.39 is 44.2 Å². The normalized spacial score (nSPS) is 23.6. The van der Waals surface area contributed by atoms with Crippen molar-refractivity contribution in [2.24, 2.45) is 0 Å². The van der Waals surface area contributed by atoms with Gasteiger partial charge in [0.1, 0.15) is 4.75 Å². The summed E-state index contributed by atoms with van der Waals surface area (Å²) in [5.74, 6) is 0. The maximum atomic E-state index is 14.6. The highest BCUT2D eigenvalue weighted by Crippen LogP contribution is 2.57. The lowest BCUT2D eigenvalue weighted by molar-refractivity contribution is -0.348.